The molecule has 0 spiro atoms. The number of aromatic amines is 1. The first kappa shape index (κ1) is 17.1. The smallest absolute Gasteiger partial charge is 0.252 e. The summed E-state index contributed by atoms with van der Waals surface area (Å²) in [5, 5.41) is 0.579. The lowest BCUT2D eigenvalue weighted by atomic mass is 10.1. The van der Waals surface area contributed by atoms with E-state index < -0.39 is 0 Å². The summed E-state index contributed by atoms with van der Waals surface area (Å²) < 4.78 is 11.0. The SMILES string of the molecule is COc1ccccc1OCCSc1nc(-c2ccccc2)cc(=O)[nH]1. The van der Waals surface area contributed by atoms with Crippen molar-refractivity contribution >= 4 is 11.8 Å². The number of nitrogens with zero attached hydrogens (tertiary/aromatic N) is 1. The fourth-order valence-electron chi connectivity index (χ4n) is 2.29. The van der Waals surface area contributed by atoms with Gasteiger partial charge in [0.25, 0.3) is 5.56 Å². The Morgan fingerprint density at radius 3 is 2.52 bits per heavy atom. The maximum atomic E-state index is 11.9. The van der Waals surface area contributed by atoms with E-state index in [-0.39, 0.29) is 5.56 Å². The van der Waals surface area contributed by atoms with Gasteiger partial charge in [-0.1, -0.05) is 54.2 Å². The first-order valence-corrected chi connectivity index (χ1v) is 8.80. The predicted molar refractivity (Wildman–Crippen MR) is 99.5 cm³/mol. The van der Waals surface area contributed by atoms with Crippen molar-refractivity contribution in [3.05, 3.63) is 71.0 Å². The molecule has 5 nitrogen and oxygen atoms in total. The van der Waals surface area contributed by atoms with E-state index >= 15 is 0 Å². The number of thioether (sulfide) groups is 1. The number of hydrogen-bond donors (Lipinski definition) is 1. The average Bonchev–Trinajstić information content (AvgIpc) is 2.66. The van der Waals surface area contributed by atoms with Crippen molar-refractivity contribution in [1.82, 2.24) is 9.97 Å². The summed E-state index contributed by atoms with van der Waals surface area (Å²) in [6.45, 7) is 0.477. The van der Waals surface area contributed by atoms with Crippen LogP contribution in [0.1, 0.15) is 0 Å². The quantitative estimate of drug-likeness (QED) is 0.399. The van der Waals surface area contributed by atoms with Crippen molar-refractivity contribution in [1.29, 1.82) is 0 Å². The van der Waals surface area contributed by atoms with Crippen LogP contribution in [0.15, 0.2) is 70.6 Å². The van der Waals surface area contributed by atoms with E-state index in [1.165, 1.54) is 17.8 Å². The molecule has 0 unspecified atom stereocenters. The summed E-state index contributed by atoms with van der Waals surface area (Å²) in [5.74, 6) is 2.05. The van der Waals surface area contributed by atoms with Crippen LogP contribution in [0.5, 0.6) is 11.5 Å². The molecule has 3 rings (SSSR count). The number of benzene rings is 2. The summed E-state index contributed by atoms with van der Waals surface area (Å²) in [5.41, 5.74) is 1.42. The molecule has 0 atom stereocenters. The van der Waals surface area contributed by atoms with Crippen molar-refractivity contribution in [2.24, 2.45) is 0 Å². The maximum Gasteiger partial charge on any atom is 0.252 e. The van der Waals surface area contributed by atoms with E-state index in [2.05, 4.69) is 9.97 Å². The Morgan fingerprint density at radius 1 is 1.04 bits per heavy atom. The van der Waals surface area contributed by atoms with Crippen LogP contribution in [0.2, 0.25) is 0 Å². The van der Waals surface area contributed by atoms with Crippen molar-refractivity contribution in [3.8, 4) is 22.8 Å². The van der Waals surface area contributed by atoms with Crippen LogP contribution in [0.4, 0.5) is 0 Å². The molecule has 0 saturated carbocycles. The number of aromatic nitrogens is 2. The molecule has 2 aromatic carbocycles. The summed E-state index contributed by atoms with van der Waals surface area (Å²) in [7, 11) is 1.61. The van der Waals surface area contributed by atoms with Crippen molar-refractivity contribution in [3.63, 3.8) is 0 Å². The molecule has 0 radical (unpaired) electrons. The second kappa shape index (κ2) is 8.39. The molecule has 1 aromatic heterocycles. The highest BCUT2D eigenvalue weighted by molar-refractivity contribution is 7.99. The molecule has 0 aliphatic carbocycles. The molecule has 0 saturated heterocycles. The van der Waals surface area contributed by atoms with Gasteiger partial charge in [0.15, 0.2) is 16.7 Å². The summed E-state index contributed by atoms with van der Waals surface area (Å²) in [6.07, 6.45) is 0. The first-order valence-electron chi connectivity index (χ1n) is 7.81. The molecule has 6 heteroatoms. The van der Waals surface area contributed by atoms with Gasteiger partial charge in [-0.15, -0.1) is 0 Å². The van der Waals surface area contributed by atoms with Crippen LogP contribution < -0.4 is 15.0 Å². The Hall–Kier alpha value is -2.73. The van der Waals surface area contributed by atoms with Crippen molar-refractivity contribution in [2.75, 3.05) is 19.5 Å². The standard InChI is InChI=1S/C19H18N2O3S/c1-23-16-9-5-6-10-17(16)24-11-12-25-19-20-15(13-18(22)21-19)14-7-3-2-4-8-14/h2-10,13H,11-12H2,1H3,(H,20,21,22). The highest BCUT2D eigenvalue weighted by Gasteiger charge is 2.06. The zero-order chi connectivity index (χ0) is 17.5. The second-order valence-electron chi connectivity index (χ2n) is 5.15. The number of rotatable bonds is 7. The van der Waals surface area contributed by atoms with Crippen LogP contribution in [-0.4, -0.2) is 29.4 Å². The zero-order valence-electron chi connectivity index (χ0n) is 13.8. The Labute approximate surface area is 150 Å². The van der Waals surface area contributed by atoms with Crippen LogP contribution in [0.25, 0.3) is 11.3 Å². The molecular weight excluding hydrogens is 336 g/mol. The minimum atomic E-state index is -0.165. The van der Waals surface area contributed by atoms with Crippen LogP contribution in [-0.2, 0) is 0 Å². The van der Waals surface area contributed by atoms with Gasteiger partial charge < -0.3 is 14.5 Å². The lowest BCUT2D eigenvalue weighted by Gasteiger charge is -2.10. The molecule has 25 heavy (non-hydrogen) atoms. The van der Waals surface area contributed by atoms with E-state index in [0.29, 0.717) is 34.7 Å². The van der Waals surface area contributed by atoms with E-state index in [4.69, 9.17) is 9.47 Å². The monoisotopic (exact) mass is 354 g/mol. The van der Waals surface area contributed by atoms with Crippen LogP contribution in [0.3, 0.4) is 0 Å². The topological polar surface area (TPSA) is 64.2 Å². The Balaban J connectivity index is 1.62. The number of nitrogens with one attached hydrogen (secondary N) is 1. The zero-order valence-corrected chi connectivity index (χ0v) is 14.6. The number of H-pyrrole nitrogens is 1. The third-order valence-electron chi connectivity index (χ3n) is 3.44. The predicted octanol–water partition coefficient (Wildman–Crippen LogP) is 3.62. The molecule has 0 bridgehead atoms. The minimum Gasteiger partial charge on any atom is -0.493 e. The third-order valence-corrected chi connectivity index (χ3v) is 4.28. The summed E-state index contributed by atoms with van der Waals surface area (Å²) in [6, 6.07) is 18.6. The largest absolute Gasteiger partial charge is 0.493 e. The Bertz CT molecular complexity index is 881. The van der Waals surface area contributed by atoms with Crippen LogP contribution >= 0.6 is 11.8 Å². The first-order chi connectivity index (χ1) is 12.3. The molecule has 3 aromatic rings. The lowest BCUT2D eigenvalue weighted by Crippen LogP contribution is -2.09. The fraction of sp³-hybridized carbons (Fsp3) is 0.158. The molecule has 1 N–H and O–H groups in total. The number of para-hydroxylation sites is 2. The highest BCUT2D eigenvalue weighted by atomic mass is 32.2. The number of ether oxygens (including phenoxy) is 2. The number of methoxy groups -OCH3 is 1. The molecule has 0 amide bonds. The van der Waals surface area contributed by atoms with Gasteiger partial charge in [0, 0.05) is 17.4 Å². The van der Waals surface area contributed by atoms with Crippen molar-refractivity contribution in [2.45, 2.75) is 5.16 Å². The van der Waals surface area contributed by atoms with Gasteiger partial charge in [-0.25, -0.2) is 4.98 Å². The van der Waals surface area contributed by atoms with Crippen molar-refractivity contribution < 1.29 is 9.47 Å². The molecule has 0 aliphatic heterocycles. The molecule has 128 valence electrons. The van der Waals surface area contributed by atoms with Gasteiger partial charge in [-0.3, -0.25) is 4.79 Å². The fourth-order valence-corrected chi connectivity index (χ4v) is 2.98. The third kappa shape index (κ3) is 4.64. The second-order valence-corrected chi connectivity index (χ2v) is 6.23. The molecular formula is C19H18N2O3S. The summed E-state index contributed by atoms with van der Waals surface area (Å²) >= 11 is 1.44. The number of hydrogen-bond acceptors (Lipinski definition) is 5. The van der Waals surface area contributed by atoms with Gasteiger partial charge in [0.2, 0.25) is 0 Å². The average molecular weight is 354 g/mol. The van der Waals surface area contributed by atoms with E-state index in [9.17, 15) is 4.79 Å². The normalized spacial score (nSPS) is 10.4. The van der Waals surface area contributed by atoms with Gasteiger partial charge in [-0.05, 0) is 12.1 Å². The van der Waals surface area contributed by atoms with Gasteiger partial charge >= 0.3 is 0 Å². The van der Waals surface area contributed by atoms with Gasteiger partial charge in [0.05, 0.1) is 19.4 Å². The maximum absolute atomic E-state index is 11.9. The highest BCUT2D eigenvalue weighted by Crippen LogP contribution is 2.26. The molecule has 1 heterocycles. The van der Waals surface area contributed by atoms with Gasteiger partial charge in [0.1, 0.15) is 0 Å². The minimum absolute atomic E-state index is 0.165. The molecule has 0 fully saturated rings. The Kier molecular flexibility index (Phi) is 5.74. The molecule has 0 aliphatic rings. The van der Waals surface area contributed by atoms with Crippen LogP contribution in [0, 0.1) is 0 Å². The summed E-state index contributed by atoms with van der Waals surface area (Å²) in [4.78, 5) is 19.1. The Morgan fingerprint density at radius 2 is 1.76 bits per heavy atom. The van der Waals surface area contributed by atoms with E-state index in [0.717, 1.165) is 5.56 Å². The van der Waals surface area contributed by atoms with Gasteiger partial charge in [-0.2, -0.15) is 0 Å². The lowest BCUT2D eigenvalue weighted by molar-refractivity contribution is 0.313. The van der Waals surface area contributed by atoms with E-state index in [1.807, 2.05) is 54.6 Å². The van der Waals surface area contributed by atoms with E-state index in [1.54, 1.807) is 7.11 Å².